The second-order valence-electron chi connectivity index (χ2n) is 6.21. The van der Waals surface area contributed by atoms with Gasteiger partial charge in [-0.05, 0) is 55.0 Å². The zero-order valence-corrected chi connectivity index (χ0v) is 18.7. The van der Waals surface area contributed by atoms with Crippen LogP contribution in [0.3, 0.4) is 0 Å². The fraction of sp³-hybridized carbons (Fsp3) is 0.273. The first-order chi connectivity index (χ1) is 14.5. The first kappa shape index (κ1) is 22.0. The number of carbonyl (C=O) groups is 1. The monoisotopic (exact) mass is 445 g/mol. The van der Waals surface area contributed by atoms with Crippen LogP contribution in [-0.2, 0) is 4.79 Å². The van der Waals surface area contributed by atoms with Crippen molar-refractivity contribution in [3.8, 4) is 23.0 Å². The molecule has 0 aromatic heterocycles. The van der Waals surface area contributed by atoms with Gasteiger partial charge in [0, 0.05) is 6.54 Å². The second kappa shape index (κ2) is 10.4. The third-order valence-corrected chi connectivity index (χ3v) is 5.72. The fourth-order valence-electron chi connectivity index (χ4n) is 2.80. The van der Waals surface area contributed by atoms with E-state index in [4.69, 9.17) is 31.2 Å². The highest BCUT2D eigenvalue weighted by atomic mass is 32.2. The third kappa shape index (κ3) is 5.25. The summed E-state index contributed by atoms with van der Waals surface area (Å²) in [6, 6.07) is 12.9. The summed E-state index contributed by atoms with van der Waals surface area (Å²) in [4.78, 5) is 14.6. The van der Waals surface area contributed by atoms with Crippen LogP contribution in [0.5, 0.6) is 23.0 Å². The molecule has 158 valence electrons. The zero-order valence-electron chi connectivity index (χ0n) is 17.0. The van der Waals surface area contributed by atoms with Crippen molar-refractivity contribution in [3.63, 3.8) is 0 Å². The Bertz CT molecular complexity index is 943. The highest BCUT2D eigenvalue weighted by molar-refractivity contribution is 8.26. The van der Waals surface area contributed by atoms with Crippen molar-refractivity contribution in [2.24, 2.45) is 0 Å². The number of likely N-dealkylation sites (N-methyl/N-ethyl adjacent to an activating group) is 1. The first-order valence-corrected chi connectivity index (χ1v) is 10.6. The van der Waals surface area contributed by atoms with Crippen molar-refractivity contribution < 1.29 is 23.7 Å². The molecular weight excluding hydrogens is 422 g/mol. The van der Waals surface area contributed by atoms with Crippen LogP contribution in [-0.4, -0.2) is 49.1 Å². The number of thiocarbonyl (C=S) groups is 1. The Kier molecular flexibility index (Phi) is 7.59. The number of rotatable bonds is 9. The van der Waals surface area contributed by atoms with E-state index in [2.05, 4.69) is 0 Å². The van der Waals surface area contributed by atoms with Gasteiger partial charge in [0.1, 0.15) is 29.0 Å². The summed E-state index contributed by atoms with van der Waals surface area (Å²) in [7, 11) is 3.20. The number of nitrogens with zero attached hydrogens (tertiary/aromatic N) is 1. The average Bonchev–Trinajstić information content (AvgIpc) is 3.04. The van der Waals surface area contributed by atoms with E-state index >= 15 is 0 Å². The van der Waals surface area contributed by atoms with Crippen molar-refractivity contribution in [1.82, 2.24) is 4.90 Å². The maximum absolute atomic E-state index is 12.4. The van der Waals surface area contributed by atoms with Crippen molar-refractivity contribution >= 4 is 40.3 Å². The molecule has 1 fully saturated rings. The van der Waals surface area contributed by atoms with E-state index in [1.165, 1.54) is 11.8 Å². The number of carbonyl (C=O) groups excluding carboxylic acids is 1. The molecule has 1 amide bonds. The number of benzene rings is 2. The van der Waals surface area contributed by atoms with Gasteiger partial charge in [-0.1, -0.05) is 30.0 Å². The maximum atomic E-state index is 12.4. The highest BCUT2D eigenvalue weighted by Gasteiger charge is 2.30. The Morgan fingerprint density at radius 3 is 2.30 bits per heavy atom. The molecule has 0 aliphatic carbocycles. The van der Waals surface area contributed by atoms with Gasteiger partial charge in [-0.2, -0.15) is 0 Å². The number of ether oxygens (including phenoxy) is 4. The lowest BCUT2D eigenvalue weighted by atomic mass is 10.2. The molecule has 3 rings (SSSR count). The fourth-order valence-corrected chi connectivity index (χ4v) is 4.18. The Labute approximate surface area is 185 Å². The van der Waals surface area contributed by atoms with Crippen molar-refractivity contribution in [2.75, 3.05) is 34.0 Å². The van der Waals surface area contributed by atoms with E-state index in [0.717, 1.165) is 17.1 Å². The molecule has 6 nitrogen and oxygen atoms in total. The van der Waals surface area contributed by atoms with E-state index in [9.17, 15) is 4.79 Å². The zero-order chi connectivity index (χ0) is 21.5. The number of hydrogen-bond acceptors (Lipinski definition) is 7. The molecule has 0 bridgehead atoms. The number of amides is 1. The summed E-state index contributed by atoms with van der Waals surface area (Å²) in [5, 5.41) is 0. The Morgan fingerprint density at radius 2 is 1.67 bits per heavy atom. The summed E-state index contributed by atoms with van der Waals surface area (Å²) in [6.45, 7) is 3.21. The summed E-state index contributed by atoms with van der Waals surface area (Å²) in [5.41, 5.74) is 0.838. The molecule has 2 aromatic rings. The molecule has 0 atom stereocenters. The van der Waals surface area contributed by atoms with Gasteiger partial charge in [0.15, 0.2) is 11.5 Å². The largest absolute Gasteiger partial charge is 0.497 e. The summed E-state index contributed by atoms with van der Waals surface area (Å²) in [6.07, 6.45) is 1.81. The average molecular weight is 446 g/mol. The van der Waals surface area contributed by atoms with Crippen molar-refractivity contribution in [2.45, 2.75) is 6.92 Å². The lowest BCUT2D eigenvalue weighted by molar-refractivity contribution is -0.121. The van der Waals surface area contributed by atoms with Crippen LogP contribution in [0.25, 0.3) is 6.08 Å². The summed E-state index contributed by atoms with van der Waals surface area (Å²) in [5.74, 6) is 2.64. The molecule has 0 radical (unpaired) electrons. The van der Waals surface area contributed by atoms with Crippen LogP contribution in [0, 0.1) is 0 Å². The molecule has 0 N–H and O–H groups in total. The lowest BCUT2D eigenvalue weighted by Crippen LogP contribution is -2.27. The standard InChI is InChI=1S/C22H23NO5S2/c1-4-23-21(24)20(30-22(23)29)14-15-5-10-18(19(13-15)26-3)28-12-11-27-17-8-6-16(25-2)7-9-17/h5-10,13-14H,4,11-12H2,1-3H3/b20-14-. The number of thioether (sulfide) groups is 1. The molecule has 0 spiro atoms. The van der Waals surface area contributed by atoms with Crippen LogP contribution in [0.2, 0.25) is 0 Å². The molecule has 30 heavy (non-hydrogen) atoms. The van der Waals surface area contributed by atoms with E-state index in [0.29, 0.717) is 40.5 Å². The van der Waals surface area contributed by atoms with E-state index in [1.807, 2.05) is 55.5 Å². The van der Waals surface area contributed by atoms with E-state index in [-0.39, 0.29) is 5.91 Å². The van der Waals surface area contributed by atoms with Crippen LogP contribution < -0.4 is 18.9 Å². The van der Waals surface area contributed by atoms with Crippen molar-refractivity contribution in [3.05, 3.63) is 52.9 Å². The number of methoxy groups -OCH3 is 2. The molecule has 0 unspecified atom stereocenters. The van der Waals surface area contributed by atoms with Gasteiger partial charge in [0.2, 0.25) is 0 Å². The van der Waals surface area contributed by atoms with Crippen LogP contribution in [0.4, 0.5) is 0 Å². The molecule has 2 aromatic carbocycles. The molecule has 1 aliphatic heterocycles. The van der Waals surface area contributed by atoms with Gasteiger partial charge in [0.25, 0.3) is 5.91 Å². The van der Waals surface area contributed by atoms with Crippen LogP contribution >= 0.6 is 24.0 Å². The molecule has 8 heteroatoms. The molecule has 1 saturated heterocycles. The predicted octanol–water partition coefficient (Wildman–Crippen LogP) is 4.38. The molecule has 1 heterocycles. The minimum absolute atomic E-state index is 0.0672. The smallest absolute Gasteiger partial charge is 0.266 e. The van der Waals surface area contributed by atoms with E-state index < -0.39 is 0 Å². The van der Waals surface area contributed by atoms with Gasteiger partial charge in [-0.15, -0.1) is 0 Å². The third-order valence-electron chi connectivity index (χ3n) is 4.34. The first-order valence-electron chi connectivity index (χ1n) is 9.38. The van der Waals surface area contributed by atoms with Crippen LogP contribution in [0.15, 0.2) is 47.4 Å². The van der Waals surface area contributed by atoms with Crippen molar-refractivity contribution in [1.29, 1.82) is 0 Å². The minimum Gasteiger partial charge on any atom is -0.497 e. The summed E-state index contributed by atoms with van der Waals surface area (Å²) < 4.78 is 22.6. The van der Waals surface area contributed by atoms with Gasteiger partial charge in [0.05, 0.1) is 19.1 Å². The summed E-state index contributed by atoms with van der Waals surface area (Å²) >= 11 is 6.56. The highest BCUT2D eigenvalue weighted by Crippen LogP contribution is 2.34. The molecule has 1 aliphatic rings. The molecule has 0 saturated carbocycles. The van der Waals surface area contributed by atoms with E-state index in [1.54, 1.807) is 19.1 Å². The van der Waals surface area contributed by atoms with Gasteiger partial charge in [-0.25, -0.2) is 0 Å². The van der Waals surface area contributed by atoms with Gasteiger partial charge >= 0.3 is 0 Å². The molecular formula is C22H23NO5S2. The maximum Gasteiger partial charge on any atom is 0.266 e. The van der Waals surface area contributed by atoms with Gasteiger partial charge < -0.3 is 18.9 Å². The normalized spacial score (nSPS) is 14.9. The quantitative estimate of drug-likeness (QED) is 0.322. The SMILES string of the molecule is CCN1C(=O)/C(=C/c2ccc(OCCOc3ccc(OC)cc3)c(OC)c2)SC1=S. The number of hydrogen-bond donors (Lipinski definition) is 0. The predicted molar refractivity (Wildman–Crippen MR) is 123 cm³/mol. The Morgan fingerprint density at radius 1 is 0.967 bits per heavy atom. The second-order valence-corrected chi connectivity index (χ2v) is 7.88. The Balaban J connectivity index is 1.59. The van der Waals surface area contributed by atoms with Crippen LogP contribution in [0.1, 0.15) is 12.5 Å². The Hall–Kier alpha value is -2.71. The topological polar surface area (TPSA) is 57.2 Å². The minimum atomic E-state index is -0.0672. The lowest BCUT2D eigenvalue weighted by Gasteiger charge is -2.12. The van der Waals surface area contributed by atoms with Gasteiger partial charge in [-0.3, -0.25) is 9.69 Å².